The molecule has 2 rings (SSSR count). The summed E-state index contributed by atoms with van der Waals surface area (Å²) < 4.78 is 36.9. The molecule has 0 N–H and O–H groups in total. The quantitative estimate of drug-likeness (QED) is 0.605. The van der Waals surface area contributed by atoms with Crippen molar-refractivity contribution >= 4 is 33.3 Å². The zero-order valence-electron chi connectivity index (χ0n) is 7.38. The van der Waals surface area contributed by atoms with Gasteiger partial charge in [-0.3, -0.25) is 4.98 Å². The van der Waals surface area contributed by atoms with E-state index in [0.717, 1.165) is 17.4 Å². The Bertz CT molecular complexity index is 409. The van der Waals surface area contributed by atoms with Crippen LogP contribution in [0.5, 0.6) is 0 Å². The Labute approximate surface area is 125 Å². The van der Waals surface area contributed by atoms with Gasteiger partial charge in [0.2, 0.25) is 0 Å². The standard InChI is InChI=1S/C7H4BF3NS.K/c9-8(10,11)7-4-5-6(13-7)2-1-3-12-5;/h1-4H;/q-1;+1. The number of pyridine rings is 1. The molecule has 0 unspecified atom stereocenters. The number of thiophene rings is 1. The van der Waals surface area contributed by atoms with E-state index in [1.54, 1.807) is 12.1 Å². The molecule has 0 amide bonds. The van der Waals surface area contributed by atoms with Crippen LogP contribution >= 0.6 is 11.3 Å². The van der Waals surface area contributed by atoms with Crippen LogP contribution in [0.3, 0.4) is 0 Å². The molecule has 0 bridgehead atoms. The molecule has 0 saturated heterocycles. The molecule has 68 valence electrons. The van der Waals surface area contributed by atoms with Gasteiger partial charge >= 0.3 is 58.4 Å². The van der Waals surface area contributed by atoms with Crippen LogP contribution in [0.25, 0.3) is 10.2 Å². The van der Waals surface area contributed by atoms with Crippen LogP contribution in [0.2, 0.25) is 0 Å². The van der Waals surface area contributed by atoms with Gasteiger partial charge in [0.05, 0.1) is 5.52 Å². The van der Waals surface area contributed by atoms with E-state index in [2.05, 4.69) is 4.98 Å². The van der Waals surface area contributed by atoms with Gasteiger partial charge in [-0.2, -0.15) is 11.3 Å². The smallest absolute Gasteiger partial charge is 0.444 e. The number of hydrogen-bond donors (Lipinski definition) is 0. The molecule has 0 aliphatic carbocycles. The van der Waals surface area contributed by atoms with Crippen LogP contribution in [0.4, 0.5) is 12.9 Å². The van der Waals surface area contributed by atoms with Crippen LogP contribution in [-0.4, -0.2) is 12.0 Å². The summed E-state index contributed by atoms with van der Waals surface area (Å²) >= 11 is 0.744. The summed E-state index contributed by atoms with van der Waals surface area (Å²) in [5.41, 5.74) is 0.418. The maximum Gasteiger partial charge on any atom is 1.00 e. The Morgan fingerprint density at radius 1 is 1.29 bits per heavy atom. The molecule has 14 heavy (non-hydrogen) atoms. The Morgan fingerprint density at radius 2 is 2.00 bits per heavy atom. The fourth-order valence-electron chi connectivity index (χ4n) is 1.05. The van der Waals surface area contributed by atoms with Crippen LogP contribution in [-0.2, 0) is 0 Å². The van der Waals surface area contributed by atoms with E-state index in [1.165, 1.54) is 6.20 Å². The van der Waals surface area contributed by atoms with Crippen molar-refractivity contribution in [2.45, 2.75) is 0 Å². The molecule has 1 nitrogen and oxygen atoms in total. The summed E-state index contributed by atoms with van der Waals surface area (Å²) in [6.45, 7) is -4.88. The minimum Gasteiger partial charge on any atom is -0.444 e. The molecule has 7 heteroatoms. The number of fused-ring (bicyclic) bond motifs is 1. The van der Waals surface area contributed by atoms with E-state index in [0.29, 0.717) is 10.2 Å². The van der Waals surface area contributed by atoms with E-state index in [-0.39, 0.29) is 51.4 Å². The Balaban J connectivity index is 0.000000980. The van der Waals surface area contributed by atoms with Crippen molar-refractivity contribution in [3.8, 4) is 0 Å². The minimum atomic E-state index is -4.88. The molecule has 0 aromatic carbocycles. The van der Waals surface area contributed by atoms with Crippen molar-refractivity contribution in [2.75, 3.05) is 0 Å². The summed E-state index contributed by atoms with van der Waals surface area (Å²) in [5, 5.41) is 0. The van der Waals surface area contributed by atoms with Crippen molar-refractivity contribution in [3.05, 3.63) is 24.4 Å². The number of hydrogen-bond acceptors (Lipinski definition) is 2. The molecule has 0 atom stereocenters. The van der Waals surface area contributed by atoms with E-state index in [1.807, 2.05) is 0 Å². The average Bonchev–Trinajstić information content (AvgIpc) is 2.45. The molecule has 0 saturated carbocycles. The number of halogens is 3. The summed E-state index contributed by atoms with van der Waals surface area (Å²) in [4.78, 5) is 3.84. The first-order chi connectivity index (χ1) is 6.07. The third kappa shape index (κ3) is 2.59. The summed E-state index contributed by atoms with van der Waals surface area (Å²) in [6.07, 6.45) is 1.49. The van der Waals surface area contributed by atoms with Crippen LogP contribution in [0.15, 0.2) is 24.4 Å². The molecule has 0 radical (unpaired) electrons. The monoisotopic (exact) mass is 241 g/mol. The maximum absolute atomic E-state index is 12.3. The van der Waals surface area contributed by atoms with E-state index < -0.39 is 11.8 Å². The van der Waals surface area contributed by atoms with Gasteiger partial charge in [0.15, 0.2) is 0 Å². The van der Waals surface area contributed by atoms with Gasteiger partial charge in [0.25, 0.3) is 0 Å². The van der Waals surface area contributed by atoms with Gasteiger partial charge in [0.1, 0.15) is 0 Å². The van der Waals surface area contributed by atoms with Gasteiger partial charge in [-0.05, 0) is 12.1 Å². The fourth-order valence-corrected chi connectivity index (χ4v) is 1.97. The zero-order chi connectivity index (χ0) is 9.47. The topological polar surface area (TPSA) is 12.9 Å². The SMILES string of the molecule is F[B-](F)(F)c1cc2ncccc2s1.[K+]. The molecule has 2 aromatic rings. The molecule has 0 spiro atoms. The van der Waals surface area contributed by atoms with Crippen LogP contribution in [0, 0.1) is 0 Å². The summed E-state index contributed by atoms with van der Waals surface area (Å²) in [5.74, 6) is 0. The van der Waals surface area contributed by atoms with Gasteiger partial charge in [0, 0.05) is 10.9 Å². The average molecular weight is 241 g/mol. The second-order valence-electron chi connectivity index (χ2n) is 2.61. The van der Waals surface area contributed by atoms with Crippen molar-refractivity contribution in [3.63, 3.8) is 0 Å². The normalized spacial score (nSPS) is 11.4. The first-order valence-corrected chi connectivity index (χ1v) is 4.43. The van der Waals surface area contributed by atoms with Crippen molar-refractivity contribution in [2.24, 2.45) is 0 Å². The largest absolute Gasteiger partial charge is 1.00 e. The Hall–Kier alpha value is 0.601. The molecule has 0 fully saturated rings. The molecule has 0 aliphatic rings. The second-order valence-corrected chi connectivity index (χ2v) is 3.73. The van der Waals surface area contributed by atoms with Crippen LogP contribution in [0.1, 0.15) is 0 Å². The van der Waals surface area contributed by atoms with Crippen molar-refractivity contribution in [1.82, 2.24) is 4.98 Å². The molecular weight excluding hydrogens is 237 g/mol. The predicted octanol–water partition coefficient (Wildman–Crippen LogP) is -0.645. The van der Waals surface area contributed by atoms with Gasteiger partial charge in [-0.1, -0.05) is 10.8 Å². The first-order valence-electron chi connectivity index (χ1n) is 3.62. The molecule has 0 aliphatic heterocycles. The third-order valence-electron chi connectivity index (χ3n) is 1.63. The fraction of sp³-hybridized carbons (Fsp3) is 0. The van der Waals surface area contributed by atoms with E-state index >= 15 is 0 Å². The Kier molecular flexibility index (Phi) is 4.19. The first kappa shape index (κ1) is 12.7. The number of rotatable bonds is 1. The van der Waals surface area contributed by atoms with Crippen molar-refractivity contribution < 1.29 is 64.3 Å². The zero-order valence-corrected chi connectivity index (χ0v) is 11.3. The number of nitrogens with zero attached hydrogens (tertiary/aromatic N) is 1. The maximum atomic E-state index is 12.3. The molecule has 2 aromatic heterocycles. The third-order valence-corrected chi connectivity index (χ3v) is 2.82. The summed E-state index contributed by atoms with van der Waals surface area (Å²) in [6, 6.07) is 4.37. The van der Waals surface area contributed by atoms with Crippen molar-refractivity contribution in [1.29, 1.82) is 0 Å². The van der Waals surface area contributed by atoms with Crippen LogP contribution < -0.4 is 56.2 Å². The second kappa shape index (κ2) is 4.63. The predicted molar refractivity (Wildman–Crippen MR) is 48.3 cm³/mol. The van der Waals surface area contributed by atoms with Gasteiger partial charge in [-0.15, -0.1) is 0 Å². The molecule has 2 heterocycles. The van der Waals surface area contributed by atoms with Gasteiger partial charge < -0.3 is 12.9 Å². The number of aromatic nitrogens is 1. The Morgan fingerprint density at radius 3 is 2.57 bits per heavy atom. The molecular formula is C7H4BF3KNS. The van der Waals surface area contributed by atoms with Gasteiger partial charge in [-0.25, -0.2) is 0 Å². The summed E-state index contributed by atoms with van der Waals surface area (Å²) in [7, 11) is 0. The minimum absolute atomic E-state index is 0. The van der Waals surface area contributed by atoms with E-state index in [4.69, 9.17) is 0 Å². The van der Waals surface area contributed by atoms with E-state index in [9.17, 15) is 12.9 Å².